The zero-order valence-electron chi connectivity index (χ0n) is 15.7. The Morgan fingerprint density at radius 1 is 1.03 bits per heavy atom. The number of hydrogen-bond acceptors (Lipinski definition) is 4. The number of pyridine rings is 1. The Kier molecular flexibility index (Phi) is 5.03. The average Bonchev–Trinajstić information content (AvgIpc) is 2.72. The number of aromatic nitrogens is 3. The van der Waals surface area contributed by atoms with E-state index < -0.39 is 17.2 Å². The van der Waals surface area contributed by atoms with E-state index in [0.29, 0.717) is 23.3 Å². The molecular weight excluding hydrogens is 374 g/mol. The Hall–Kier alpha value is -3.61. The minimum absolute atomic E-state index is 0.133. The van der Waals surface area contributed by atoms with E-state index in [4.69, 9.17) is 0 Å². The van der Waals surface area contributed by atoms with Gasteiger partial charge in [0.15, 0.2) is 11.6 Å². The second kappa shape index (κ2) is 7.79. The summed E-state index contributed by atoms with van der Waals surface area (Å²) in [5.74, 6) is -1.40. The van der Waals surface area contributed by atoms with Gasteiger partial charge in [0.1, 0.15) is 12.1 Å². The van der Waals surface area contributed by atoms with Gasteiger partial charge in [-0.25, -0.2) is 18.7 Å². The number of aryl methyl sites for hydroxylation is 1. The Morgan fingerprint density at radius 3 is 2.59 bits per heavy atom. The number of halogens is 2. The van der Waals surface area contributed by atoms with Gasteiger partial charge >= 0.3 is 0 Å². The van der Waals surface area contributed by atoms with Crippen LogP contribution >= 0.6 is 0 Å². The summed E-state index contributed by atoms with van der Waals surface area (Å²) >= 11 is 0. The van der Waals surface area contributed by atoms with Crippen molar-refractivity contribution in [2.24, 2.45) is 0 Å². The lowest BCUT2D eigenvalue weighted by atomic mass is 10.1. The van der Waals surface area contributed by atoms with E-state index >= 15 is 0 Å². The van der Waals surface area contributed by atoms with Gasteiger partial charge in [-0.15, -0.1) is 0 Å². The Labute approximate surface area is 165 Å². The molecule has 0 saturated heterocycles. The van der Waals surface area contributed by atoms with Crippen molar-refractivity contribution < 1.29 is 8.78 Å². The van der Waals surface area contributed by atoms with Gasteiger partial charge in [-0.1, -0.05) is 24.3 Å². The van der Waals surface area contributed by atoms with E-state index in [-0.39, 0.29) is 12.1 Å². The maximum atomic E-state index is 14.2. The van der Waals surface area contributed by atoms with E-state index in [1.165, 1.54) is 18.5 Å². The fraction of sp³-hybridized carbons (Fsp3) is 0.136. The third-order valence-electron chi connectivity index (χ3n) is 4.87. The smallest absolute Gasteiger partial charge is 0.248 e. The van der Waals surface area contributed by atoms with E-state index in [2.05, 4.69) is 15.0 Å². The summed E-state index contributed by atoms with van der Waals surface area (Å²) < 4.78 is 27.9. The molecule has 0 atom stereocenters. The van der Waals surface area contributed by atoms with Gasteiger partial charge in [-0.2, -0.15) is 0 Å². The largest absolute Gasteiger partial charge is 0.348 e. The fourth-order valence-electron chi connectivity index (χ4n) is 3.35. The Balaban J connectivity index is 1.80. The van der Waals surface area contributed by atoms with Crippen LogP contribution < -0.4 is 10.5 Å². The van der Waals surface area contributed by atoms with Gasteiger partial charge in [-0.3, -0.25) is 4.79 Å². The third-order valence-corrected chi connectivity index (χ3v) is 4.87. The van der Waals surface area contributed by atoms with Gasteiger partial charge in [-0.05, 0) is 41.8 Å². The minimum atomic E-state index is -1.06. The number of aromatic amines is 1. The van der Waals surface area contributed by atoms with Crippen LogP contribution in [-0.2, 0) is 13.1 Å². The molecule has 0 bridgehead atoms. The lowest BCUT2D eigenvalue weighted by molar-refractivity contribution is 0.515. The van der Waals surface area contributed by atoms with Crippen molar-refractivity contribution in [2.75, 3.05) is 4.90 Å². The Morgan fingerprint density at radius 2 is 1.83 bits per heavy atom. The molecule has 0 saturated carbocycles. The summed E-state index contributed by atoms with van der Waals surface area (Å²) in [6, 6.07) is 13.7. The molecule has 0 fully saturated rings. The van der Waals surface area contributed by atoms with E-state index in [1.54, 1.807) is 12.3 Å². The van der Waals surface area contributed by atoms with Crippen LogP contribution in [0.25, 0.3) is 10.9 Å². The fourth-order valence-corrected chi connectivity index (χ4v) is 3.35. The molecule has 29 heavy (non-hydrogen) atoms. The van der Waals surface area contributed by atoms with Crippen molar-refractivity contribution in [1.82, 2.24) is 15.0 Å². The summed E-state index contributed by atoms with van der Waals surface area (Å²) in [7, 11) is 0. The van der Waals surface area contributed by atoms with Gasteiger partial charge in [0.2, 0.25) is 5.56 Å². The van der Waals surface area contributed by atoms with Crippen molar-refractivity contribution in [3.05, 3.63) is 99.7 Å². The maximum Gasteiger partial charge on any atom is 0.248 e. The normalized spacial score (nSPS) is 11.0. The van der Waals surface area contributed by atoms with Crippen molar-refractivity contribution in [1.29, 1.82) is 0 Å². The lowest BCUT2D eigenvalue weighted by Gasteiger charge is -2.25. The zero-order chi connectivity index (χ0) is 20.4. The molecule has 4 aromatic rings. The molecule has 0 aliphatic heterocycles. The zero-order valence-corrected chi connectivity index (χ0v) is 15.7. The lowest BCUT2D eigenvalue weighted by Crippen LogP contribution is -2.25. The highest BCUT2D eigenvalue weighted by Crippen LogP contribution is 2.24. The molecule has 5 nitrogen and oxygen atoms in total. The molecular formula is C22H18F2N4O. The number of H-pyrrole nitrogens is 1. The van der Waals surface area contributed by atoms with Crippen molar-refractivity contribution >= 4 is 16.7 Å². The van der Waals surface area contributed by atoms with Gasteiger partial charge in [0.05, 0.1) is 5.52 Å². The molecule has 7 heteroatoms. The highest BCUT2D eigenvalue weighted by Gasteiger charge is 2.16. The first kappa shape index (κ1) is 18.7. The third kappa shape index (κ3) is 3.85. The standard InChI is InChI=1S/C22H18F2N4O/c1-14-4-2-3-5-15(14)11-28(19-8-9-25-13-26-19)12-16-10-20(29)27-22-17(16)6-7-18(23)21(22)24/h2-10,13H,11-12H2,1H3,(H,27,29). The predicted octanol–water partition coefficient (Wildman–Crippen LogP) is 4.11. The van der Waals surface area contributed by atoms with Crippen LogP contribution in [0.1, 0.15) is 16.7 Å². The molecule has 0 amide bonds. The summed E-state index contributed by atoms with van der Waals surface area (Å²) in [5, 5.41) is 0.451. The predicted molar refractivity (Wildman–Crippen MR) is 108 cm³/mol. The topological polar surface area (TPSA) is 61.9 Å². The van der Waals surface area contributed by atoms with Gasteiger partial charge in [0, 0.05) is 30.7 Å². The summed E-state index contributed by atoms with van der Waals surface area (Å²) in [4.78, 5) is 24.8. The highest BCUT2D eigenvalue weighted by molar-refractivity contribution is 5.82. The van der Waals surface area contributed by atoms with E-state index in [1.807, 2.05) is 36.1 Å². The van der Waals surface area contributed by atoms with Crippen LogP contribution in [0, 0.1) is 18.6 Å². The maximum absolute atomic E-state index is 14.2. The number of nitrogens with zero attached hydrogens (tertiary/aromatic N) is 3. The molecule has 0 radical (unpaired) electrons. The summed E-state index contributed by atoms with van der Waals surface area (Å²) in [6.45, 7) is 2.84. The molecule has 0 spiro atoms. The first-order valence-electron chi connectivity index (χ1n) is 9.08. The first-order valence-corrected chi connectivity index (χ1v) is 9.08. The molecule has 2 aromatic carbocycles. The molecule has 2 aromatic heterocycles. The molecule has 2 heterocycles. The number of hydrogen-bond donors (Lipinski definition) is 1. The van der Waals surface area contributed by atoms with Crippen LogP contribution in [-0.4, -0.2) is 15.0 Å². The van der Waals surface area contributed by atoms with Crippen molar-refractivity contribution in [3.8, 4) is 0 Å². The quantitative estimate of drug-likeness (QED) is 0.555. The van der Waals surface area contributed by atoms with E-state index in [0.717, 1.165) is 17.2 Å². The van der Waals surface area contributed by atoms with Crippen molar-refractivity contribution in [2.45, 2.75) is 20.0 Å². The van der Waals surface area contributed by atoms with Gasteiger partial charge in [0.25, 0.3) is 0 Å². The SMILES string of the molecule is Cc1ccccc1CN(Cc1cc(=O)[nH]c2c(F)c(F)ccc12)c1ccncn1. The van der Waals surface area contributed by atoms with Crippen LogP contribution in [0.2, 0.25) is 0 Å². The van der Waals surface area contributed by atoms with Crippen LogP contribution in [0.3, 0.4) is 0 Å². The molecule has 0 unspecified atom stereocenters. The summed E-state index contributed by atoms with van der Waals surface area (Å²) in [5.41, 5.74) is 2.17. The number of nitrogens with one attached hydrogen (secondary N) is 1. The van der Waals surface area contributed by atoms with Crippen molar-refractivity contribution in [3.63, 3.8) is 0 Å². The first-order chi connectivity index (χ1) is 14.0. The minimum Gasteiger partial charge on any atom is -0.348 e. The number of anilines is 1. The number of rotatable bonds is 5. The number of benzene rings is 2. The highest BCUT2D eigenvalue weighted by atomic mass is 19.2. The second-order valence-electron chi connectivity index (χ2n) is 6.79. The molecule has 146 valence electrons. The van der Waals surface area contributed by atoms with Gasteiger partial charge < -0.3 is 9.88 Å². The second-order valence-corrected chi connectivity index (χ2v) is 6.79. The average molecular weight is 392 g/mol. The van der Waals surface area contributed by atoms with E-state index in [9.17, 15) is 13.6 Å². The molecule has 4 rings (SSSR count). The van der Waals surface area contributed by atoms with Crippen LogP contribution in [0.5, 0.6) is 0 Å². The molecule has 0 aliphatic rings. The molecule has 0 aliphatic carbocycles. The monoisotopic (exact) mass is 392 g/mol. The van der Waals surface area contributed by atoms with Crippen LogP contribution in [0.15, 0.2) is 65.8 Å². The summed E-state index contributed by atoms with van der Waals surface area (Å²) in [6.07, 6.45) is 3.09. The molecule has 1 N–H and O–H groups in total. The Bertz CT molecular complexity index is 1220. The van der Waals surface area contributed by atoms with Crippen LogP contribution in [0.4, 0.5) is 14.6 Å². The number of fused-ring (bicyclic) bond motifs is 1.